The lowest BCUT2D eigenvalue weighted by molar-refractivity contribution is 0.414. The van der Waals surface area contributed by atoms with Gasteiger partial charge in [-0.15, -0.1) is 0 Å². The molecule has 4 nitrogen and oxygen atoms in total. The Morgan fingerprint density at radius 3 is 2.58 bits per heavy atom. The van der Waals surface area contributed by atoms with Crippen molar-refractivity contribution in [3.63, 3.8) is 0 Å². The highest BCUT2D eigenvalue weighted by Gasteiger charge is 2.08. The molecule has 0 atom stereocenters. The van der Waals surface area contributed by atoms with E-state index in [4.69, 9.17) is 4.74 Å². The van der Waals surface area contributed by atoms with Crippen molar-refractivity contribution >= 4 is 5.82 Å². The molecule has 2 aromatic rings. The molecule has 19 heavy (non-hydrogen) atoms. The molecule has 0 radical (unpaired) electrons. The average molecular weight is 261 g/mol. The molecule has 100 valence electrons. The fraction of sp³-hybridized carbons (Fsp3) is 0.286. The molecule has 2 rings (SSSR count). The number of aryl methyl sites for hydroxylation is 1. The Balaban J connectivity index is 2.05. The lowest BCUT2D eigenvalue weighted by atomic mass is 10.2. The molecule has 0 fully saturated rings. The minimum Gasteiger partial charge on any atom is -0.497 e. The highest BCUT2D eigenvalue weighted by atomic mass is 19.1. The molecule has 1 aromatic heterocycles. The molecule has 0 saturated heterocycles. The zero-order valence-electron chi connectivity index (χ0n) is 11.0. The topological polar surface area (TPSA) is 47.0 Å². The van der Waals surface area contributed by atoms with Gasteiger partial charge in [0.2, 0.25) is 0 Å². The number of nitrogens with one attached hydrogen (secondary N) is 1. The predicted molar refractivity (Wildman–Crippen MR) is 71.7 cm³/mol. The summed E-state index contributed by atoms with van der Waals surface area (Å²) in [7, 11) is 1.62. The summed E-state index contributed by atoms with van der Waals surface area (Å²) in [6, 6.07) is 7.58. The second-order valence-corrected chi connectivity index (χ2v) is 4.04. The largest absolute Gasteiger partial charge is 0.497 e. The Morgan fingerprint density at radius 1 is 1.21 bits per heavy atom. The van der Waals surface area contributed by atoms with Crippen LogP contribution in [0.1, 0.15) is 18.2 Å². The lowest BCUT2D eigenvalue weighted by Gasteiger charge is -2.08. The van der Waals surface area contributed by atoms with E-state index in [1.54, 1.807) is 7.11 Å². The normalized spacial score (nSPS) is 10.3. The molecule has 0 aliphatic heterocycles. The van der Waals surface area contributed by atoms with Crippen LogP contribution in [0.25, 0.3) is 0 Å². The summed E-state index contributed by atoms with van der Waals surface area (Å²) in [5.74, 6) is 0.659. The zero-order chi connectivity index (χ0) is 13.7. The minimum absolute atomic E-state index is 0.239. The maximum Gasteiger partial charge on any atom is 0.186 e. The average Bonchev–Trinajstić information content (AvgIpc) is 2.47. The number of halogens is 1. The van der Waals surface area contributed by atoms with Crippen LogP contribution in [-0.4, -0.2) is 17.1 Å². The summed E-state index contributed by atoms with van der Waals surface area (Å²) < 4.78 is 19.0. The number of hydrogen-bond donors (Lipinski definition) is 1. The third-order valence-electron chi connectivity index (χ3n) is 2.82. The predicted octanol–water partition coefficient (Wildman–Crippen LogP) is 2.80. The molecular weight excluding hydrogens is 245 g/mol. The molecule has 5 heteroatoms. The molecule has 0 spiro atoms. The first-order valence-corrected chi connectivity index (χ1v) is 6.10. The number of benzene rings is 1. The van der Waals surface area contributed by atoms with Gasteiger partial charge in [-0.25, -0.2) is 14.4 Å². The van der Waals surface area contributed by atoms with Gasteiger partial charge < -0.3 is 10.1 Å². The van der Waals surface area contributed by atoms with Gasteiger partial charge in [0, 0.05) is 6.54 Å². The SMILES string of the molecule is CCc1ncnc(NCc2ccc(OC)cc2)c1F. The minimum atomic E-state index is -0.376. The second kappa shape index (κ2) is 6.13. The van der Waals surface area contributed by atoms with Gasteiger partial charge >= 0.3 is 0 Å². The van der Waals surface area contributed by atoms with Crippen LogP contribution >= 0.6 is 0 Å². The van der Waals surface area contributed by atoms with Crippen LogP contribution in [0, 0.1) is 5.82 Å². The molecule has 0 bridgehead atoms. The van der Waals surface area contributed by atoms with Gasteiger partial charge in [0.15, 0.2) is 11.6 Å². The van der Waals surface area contributed by atoms with Gasteiger partial charge in [0.1, 0.15) is 12.1 Å². The van der Waals surface area contributed by atoms with Crippen LogP contribution < -0.4 is 10.1 Å². The van der Waals surface area contributed by atoms with Crippen LogP contribution in [0.5, 0.6) is 5.75 Å². The standard InChI is InChI=1S/C14H16FN3O/c1-3-12-13(15)14(18-9-17-12)16-8-10-4-6-11(19-2)7-5-10/h4-7,9H,3,8H2,1-2H3,(H,16,17,18). The van der Waals surface area contributed by atoms with Crippen molar-refractivity contribution in [2.45, 2.75) is 19.9 Å². The van der Waals surface area contributed by atoms with Crippen molar-refractivity contribution in [2.75, 3.05) is 12.4 Å². The molecule has 0 aliphatic rings. The van der Waals surface area contributed by atoms with E-state index >= 15 is 0 Å². The van der Waals surface area contributed by atoms with Gasteiger partial charge in [-0.1, -0.05) is 19.1 Å². The first kappa shape index (κ1) is 13.3. The van der Waals surface area contributed by atoms with E-state index in [9.17, 15) is 4.39 Å². The molecular formula is C14H16FN3O. The number of rotatable bonds is 5. The number of ether oxygens (including phenoxy) is 1. The summed E-state index contributed by atoms with van der Waals surface area (Å²) in [4.78, 5) is 7.81. The van der Waals surface area contributed by atoms with Crippen molar-refractivity contribution in [3.8, 4) is 5.75 Å². The number of hydrogen-bond acceptors (Lipinski definition) is 4. The molecule has 0 amide bonds. The highest BCUT2D eigenvalue weighted by Crippen LogP contribution is 2.16. The van der Waals surface area contributed by atoms with Gasteiger partial charge in [-0.3, -0.25) is 0 Å². The van der Waals surface area contributed by atoms with Crippen molar-refractivity contribution in [1.29, 1.82) is 0 Å². The maximum absolute atomic E-state index is 13.9. The van der Waals surface area contributed by atoms with Crippen molar-refractivity contribution < 1.29 is 9.13 Å². The van der Waals surface area contributed by atoms with Crippen LogP contribution in [0.15, 0.2) is 30.6 Å². The lowest BCUT2D eigenvalue weighted by Crippen LogP contribution is -2.06. The Labute approximate surface area is 111 Å². The molecule has 0 unspecified atom stereocenters. The van der Waals surface area contributed by atoms with E-state index in [-0.39, 0.29) is 11.6 Å². The third-order valence-corrected chi connectivity index (χ3v) is 2.82. The van der Waals surface area contributed by atoms with Crippen LogP contribution in [0.4, 0.5) is 10.2 Å². The van der Waals surface area contributed by atoms with E-state index < -0.39 is 0 Å². The Bertz CT molecular complexity index is 543. The number of nitrogens with zero attached hydrogens (tertiary/aromatic N) is 2. The molecule has 1 N–H and O–H groups in total. The van der Waals surface area contributed by atoms with Crippen molar-refractivity contribution in [2.24, 2.45) is 0 Å². The van der Waals surface area contributed by atoms with E-state index in [1.165, 1.54) is 6.33 Å². The number of methoxy groups -OCH3 is 1. The van der Waals surface area contributed by atoms with Crippen LogP contribution in [0.2, 0.25) is 0 Å². The third kappa shape index (κ3) is 3.19. The number of anilines is 1. The molecule has 0 aliphatic carbocycles. The van der Waals surface area contributed by atoms with Gasteiger partial charge in [0.05, 0.1) is 12.8 Å². The Morgan fingerprint density at radius 2 is 1.95 bits per heavy atom. The first-order chi connectivity index (χ1) is 9.24. The monoisotopic (exact) mass is 261 g/mol. The van der Waals surface area contributed by atoms with E-state index in [2.05, 4.69) is 15.3 Å². The van der Waals surface area contributed by atoms with Gasteiger partial charge in [0.25, 0.3) is 0 Å². The van der Waals surface area contributed by atoms with E-state index in [1.807, 2.05) is 31.2 Å². The fourth-order valence-corrected chi connectivity index (χ4v) is 1.71. The van der Waals surface area contributed by atoms with Crippen molar-refractivity contribution in [3.05, 3.63) is 47.7 Å². The van der Waals surface area contributed by atoms with E-state index in [0.29, 0.717) is 18.7 Å². The maximum atomic E-state index is 13.9. The zero-order valence-corrected chi connectivity index (χ0v) is 11.0. The number of aromatic nitrogens is 2. The molecule has 1 heterocycles. The summed E-state index contributed by atoms with van der Waals surface area (Å²) in [6.45, 7) is 2.36. The van der Waals surface area contributed by atoms with Gasteiger partial charge in [-0.2, -0.15) is 0 Å². The van der Waals surface area contributed by atoms with Crippen LogP contribution in [-0.2, 0) is 13.0 Å². The summed E-state index contributed by atoms with van der Waals surface area (Å²) in [5, 5.41) is 2.97. The Kier molecular flexibility index (Phi) is 4.28. The van der Waals surface area contributed by atoms with Gasteiger partial charge in [-0.05, 0) is 24.1 Å². The molecule has 1 aromatic carbocycles. The second-order valence-electron chi connectivity index (χ2n) is 4.04. The summed E-state index contributed by atoms with van der Waals surface area (Å²) >= 11 is 0. The Hall–Kier alpha value is -2.17. The molecule has 0 saturated carbocycles. The summed E-state index contributed by atoms with van der Waals surface area (Å²) in [5.41, 5.74) is 1.45. The van der Waals surface area contributed by atoms with Crippen molar-refractivity contribution in [1.82, 2.24) is 9.97 Å². The summed E-state index contributed by atoms with van der Waals surface area (Å²) in [6.07, 6.45) is 1.92. The first-order valence-electron chi connectivity index (χ1n) is 6.10. The van der Waals surface area contributed by atoms with Crippen LogP contribution in [0.3, 0.4) is 0 Å². The quantitative estimate of drug-likeness (QED) is 0.899. The van der Waals surface area contributed by atoms with E-state index in [0.717, 1.165) is 11.3 Å². The fourth-order valence-electron chi connectivity index (χ4n) is 1.71. The smallest absolute Gasteiger partial charge is 0.186 e. The highest BCUT2D eigenvalue weighted by molar-refractivity contribution is 5.39.